The molecule has 2 N–H and O–H groups in total. The van der Waals surface area contributed by atoms with Crippen molar-refractivity contribution in [2.24, 2.45) is 0 Å². The second kappa shape index (κ2) is 8.19. The average molecular weight is 340 g/mol. The topological polar surface area (TPSA) is 68.7 Å². The van der Waals surface area contributed by atoms with Crippen molar-refractivity contribution in [1.29, 1.82) is 0 Å². The lowest BCUT2D eigenvalue weighted by atomic mass is 10.1. The van der Waals surface area contributed by atoms with Gasteiger partial charge in [-0.2, -0.15) is 0 Å². The van der Waals surface area contributed by atoms with Crippen LogP contribution in [-0.4, -0.2) is 70.7 Å². The Labute approximate surface area is 142 Å². The molecule has 1 aliphatic rings. The summed E-state index contributed by atoms with van der Waals surface area (Å²) in [6.07, 6.45) is 0.714. The van der Waals surface area contributed by atoms with E-state index in [4.69, 9.17) is 0 Å². The molecule has 0 spiro atoms. The SMILES string of the molecule is CC[C@@H]1CN(CC(=O)Nc2nc(C)c(C)s2)CCN1C[C@H](C)O. The Morgan fingerprint density at radius 2 is 2.22 bits per heavy atom. The maximum atomic E-state index is 12.2. The van der Waals surface area contributed by atoms with Crippen molar-refractivity contribution in [3.05, 3.63) is 10.6 Å². The van der Waals surface area contributed by atoms with Crippen LogP contribution in [0.2, 0.25) is 0 Å². The molecule has 1 fully saturated rings. The van der Waals surface area contributed by atoms with Gasteiger partial charge in [-0.05, 0) is 27.2 Å². The third-order valence-corrected chi connectivity index (χ3v) is 5.29. The van der Waals surface area contributed by atoms with E-state index in [1.54, 1.807) is 0 Å². The number of aromatic nitrogens is 1. The maximum Gasteiger partial charge on any atom is 0.240 e. The van der Waals surface area contributed by atoms with Crippen molar-refractivity contribution >= 4 is 22.4 Å². The number of thiazole rings is 1. The van der Waals surface area contributed by atoms with Gasteiger partial charge in [0.15, 0.2) is 5.13 Å². The van der Waals surface area contributed by atoms with Crippen molar-refractivity contribution in [3.8, 4) is 0 Å². The third-order valence-electron chi connectivity index (χ3n) is 4.30. The molecule has 0 aliphatic carbocycles. The molecule has 2 atom stereocenters. The van der Waals surface area contributed by atoms with Crippen LogP contribution in [-0.2, 0) is 4.79 Å². The first-order valence-electron chi connectivity index (χ1n) is 8.27. The molecule has 0 aromatic carbocycles. The van der Waals surface area contributed by atoms with Gasteiger partial charge in [-0.3, -0.25) is 14.6 Å². The van der Waals surface area contributed by atoms with Gasteiger partial charge in [-0.15, -0.1) is 11.3 Å². The summed E-state index contributed by atoms with van der Waals surface area (Å²) in [5.41, 5.74) is 0.975. The number of rotatable bonds is 6. The molecule has 0 radical (unpaired) electrons. The van der Waals surface area contributed by atoms with Gasteiger partial charge < -0.3 is 10.4 Å². The largest absolute Gasteiger partial charge is 0.392 e. The number of amides is 1. The van der Waals surface area contributed by atoms with Crippen molar-refractivity contribution < 1.29 is 9.90 Å². The first-order valence-corrected chi connectivity index (χ1v) is 9.09. The van der Waals surface area contributed by atoms with E-state index in [0.717, 1.165) is 36.6 Å². The summed E-state index contributed by atoms with van der Waals surface area (Å²) in [5, 5.41) is 13.2. The smallest absolute Gasteiger partial charge is 0.240 e. The highest BCUT2D eigenvalue weighted by atomic mass is 32.1. The molecule has 1 saturated heterocycles. The number of aliphatic hydroxyl groups excluding tert-OH is 1. The van der Waals surface area contributed by atoms with Gasteiger partial charge in [0.05, 0.1) is 18.3 Å². The summed E-state index contributed by atoms with van der Waals surface area (Å²) in [6.45, 7) is 11.7. The summed E-state index contributed by atoms with van der Waals surface area (Å²) in [5.74, 6) is -0.00224. The van der Waals surface area contributed by atoms with Crippen molar-refractivity contribution in [3.63, 3.8) is 0 Å². The normalized spacial score (nSPS) is 21.3. The van der Waals surface area contributed by atoms with Crippen LogP contribution in [0.1, 0.15) is 30.8 Å². The zero-order valence-corrected chi connectivity index (χ0v) is 15.3. The number of piperazine rings is 1. The Hall–Kier alpha value is -1.02. The summed E-state index contributed by atoms with van der Waals surface area (Å²) in [7, 11) is 0. The highest BCUT2D eigenvalue weighted by molar-refractivity contribution is 7.15. The second-order valence-electron chi connectivity index (χ2n) is 6.35. The van der Waals surface area contributed by atoms with Crippen LogP contribution in [0.25, 0.3) is 0 Å². The second-order valence-corrected chi connectivity index (χ2v) is 7.55. The van der Waals surface area contributed by atoms with Crippen LogP contribution < -0.4 is 5.32 Å². The molecule has 23 heavy (non-hydrogen) atoms. The predicted octanol–water partition coefficient (Wildman–Crippen LogP) is 1.48. The Kier molecular flexibility index (Phi) is 6.52. The highest BCUT2D eigenvalue weighted by Crippen LogP contribution is 2.21. The number of nitrogens with one attached hydrogen (secondary N) is 1. The lowest BCUT2D eigenvalue weighted by Gasteiger charge is -2.41. The predicted molar refractivity (Wildman–Crippen MR) is 94.0 cm³/mol. The van der Waals surface area contributed by atoms with Crippen molar-refractivity contribution in [2.75, 3.05) is 38.0 Å². The van der Waals surface area contributed by atoms with Crippen LogP contribution in [0.5, 0.6) is 0 Å². The molecular weight excluding hydrogens is 312 g/mol. The first kappa shape index (κ1) is 18.3. The number of anilines is 1. The Morgan fingerprint density at radius 3 is 2.78 bits per heavy atom. The number of carbonyl (C=O) groups is 1. The summed E-state index contributed by atoms with van der Waals surface area (Å²) in [6, 6.07) is 0.399. The molecule has 2 heterocycles. The van der Waals surface area contributed by atoms with Crippen LogP contribution >= 0.6 is 11.3 Å². The molecule has 2 rings (SSSR count). The zero-order valence-electron chi connectivity index (χ0n) is 14.5. The molecule has 1 aromatic rings. The number of β-amino-alcohol motifs (C(OH)–C–C–N with tert-alkyl or cyclic N) is 1. The molecule has 0 saturated carbocycles. The number of carbonyl (C=O) groups excluding carboxylic acids is 1. The van der Waals surface area contributed by atoms with Crippen LogP contribution in [0.3, 0.4) is 0 Å². The molecular formula is C16H28N4O2S. The summed E-state index contributed by atoms with van der Waals surface area (Å²) in [4.78, 5) is 22.2. The first-order chi connectivity index (χ1) is 10.9. The van der Waals surface area contributed by atoms with Gasteiger partial charge in [0, 0.05) is 37.1 Å². The van der Waals surface area contributed by atoms with Crippen LogP contribution in [0.15, 0.2) is 0 Å². The zero-order chi connectivity index (χ0) is 17.0. The van der Waals surface area contributed by atoms with Gasteiger partial charge in [0.25, 0.3) is 0 Å². The van der Waals surface area contributed by atoms with Gasteiger partial charge in [-0.1, -0.05) is 6.92 Å². The van der Waals surface area contributed by atoms with Crippen LogP contribution in [0, 0.1) is 13.8 Å². The van der Waals surface area contributed by atoms with Gasteiger partial charge in [-0.25, -0.2) is 4.98 Å². The van der Waals surface area contributed by atoms with Crippen molar-refractivity contribution in [1.82, 2.24) is 14.8 Å². The minimum absolute atomic E-state index is 0.00224. The molecule has 1 amide bonds. The van der Waals surface area contributed by atoms with E-state index in [9.17, 15) is 9.90 Å². The molecule has 6 nitrogen and oxygen atoms in total. The fourth-order valence-corrected chi connectivity index (χ4v) is 3.79. The lowest BCUT2D eigenvalue weighted by Crippen LogP contribution is -2.55. The molecule has 0 unspecified atom stereocenters. The summed E-state index contributed by atoms with van der Waals surface area (Å²) < 4.78 is 0. The van der Waals surface area contributed by atoms with Crippen LogP contribution in [0.4, 0.5) is 5.13 Å². The fourth-order valence-electron chi connectivity index (χ4n) is 2.96. The molecule has 130 valence electrons. The fraction of sp³-hybridized carbons (Fsp3) is 0.750. The maximum absolute atomic E-state index is 12.2. The number of nitrogens with zero attached hydrogens (tertiary/aromatic N) is 3. The number of hydrogen-bond donors (Lipinski definition) is 2. The van der Waals surface area contributed by atoms with Gasteiger partial charge in [0.1, 0.15) is 0 Å². The van der Waals surface area contributed by atoms with E-state index in [1.165, 1.54) is 11.3 Å². The summed E-state index contributed by atoms with van der Waals surface area (Å²) >= 11 is 1.52. The molecule has 7 heteroatoms. The number of aliphatic hydroxyl groups is 1. The quantitative estimate of drug-likeness (QED) is 0.821. The van der Waals surface area contributed by atoms with Gasteiger partial charge in [0.2, 0.25) is 5.91 Å². The molecule has 1 aliphatic heterocycles. The Morgan fingerprint density at radius 1 is 1.48 bits per heavy atom. The standard InChI is InChI=1S/C16H28N4O2S/c1-5-14-9-19(6-7-20(14)8-11(2)21)10-15(22)18-16-17-12(3)13(4)23-16/h11,14,21H,5-10H2,1-4H3,(H,17,18,22)/t11-,14+/m0/s1. The Bertz CT molecular complexity index is 513. The van der Waals surface area contributed by atoms with E-state index in [1.807, 2.05) is 20.8 Å². The number of hydrogen-bond acceptors (Lipinski definition) is 6. The minimum atomic E-state index is -0.310. The van der Waals surface area contributed by atoms with Crippen molar-refractivity contribution in [2.45, 2.75) is 46.3 Å². The molecule has 0 bridgehead atoms. The highest BCUT2D eigenvalue weighted by Gasteiger charge is 2.27. The lowest BCUT2D eigenvalue weighted by molar-refractivity contribution is -0.118. The Balaban J connectivity index is 1.84. The minimum Gasteiger partial charge on any atom is -0.392 e. The monoisotopic (exact) mass is 340 g/mol. The average Bonchev–Trinajstić information content (AvgIpc) is 2.78. The van der Waals surface area contributed by atoms with E-state index in [2.05, 4.69) is 27.0 Å². The van der Waals surface area contributed by atoms with E-state index >= 15 is 0 Å². The third kappa shape index (κ3) is 5.24. The van der Waals surface area contributed by atoms with Gasteiger partial charge >= 0.3 is 0 Å². The van der Waals surface area contributed by atoms with E-state index < -0.39 is 0 Å². The van der Waals surface area contributed by atoms with E-state index in [-0.39, 0.29) is 12.0 Å². The molecule has 1 aromatic heterocycles. The number of aryl methyl sites for hydroxylation is 2. The van der Waals surface area contributed by atoms with E-state index in [0.29, 0.717) is 24.3 Å².